The molecule has 0 saturated carbocycles. The first-order chi connectivity index (χ1) is 34.0. The van der Waals surface area contributed by atoms with Gasteiger partial charge in [0.05, 0.1) is 132 Å². The van der Waals surface area contributed by atoms with E-state index in [0.29, 0.717) is 132 Å². The molecule has 8 aromatic rings. The highest BCUT2D eigenvalue weighted by atomic mass is 16.6. The molecule has 0 saturated heterocycles. The summed E-state index contributed by atoms with van der Waals surface area (Å²) in [5, 5.41) is 14.9. The van der Waals surface area contributed by atoms with Gasteiger partial charge in [-0.2, -0.15) is 0 Å². The van der Waals surface area contributed by atoms with Gasteiger partial charge < -0.3 is 47.4 Å². The van der Waals surface area contributed by atoms with E-state index in [4.69, 9.17) is 47.4 Å². The van der Waals surface area contributed by atoms with Crippen LogP contribution in [0.1, 0.15) is 74.9 Å². The van der Waals surface area contributed by atoms with Crippen molar-refractivity contribution in [3.63, 3.8) is 0 Å². The second-order valence-corrected chi connectivity index (χ2v) is 20.6. The first kappa shape index (κ1) is 50.4. The van der Waals surface area contributed by atoms with Gasteiger partial charge in [0, 0.05) is 0 Å². The molecule has 9 rings (SSSR count). The van der Waals surface area contributed by atoms with Crippen molar-refractivity contribution in [2.45, 2.75) is 78.8 Å². The highest BCUT2D eigenvalue weighted by Crippen LogP contribution is 2.42. The molecule has 0 unspecified atom stereocenters. The van der Waals surface area contributed by atoms with Crippen molar-refractivity contribution in [2.24, 2.45) is 0 Å². The van der Waals surface area contributed by atoms with E-state index in [2.05, 4.69) is 126 Å². The molecule has 0 atom stereocenters. The Morgan fingerprint density at radius 2 is 0.471 bits per heavy atom. The number of benzene rings is 8. The van der Waals surface area contributed by atoms with Crippen molar-refractivity contribution in [3.05, 3.63) is 118 Å². The number of fused-ring (bicyclic) bond motifs is 8. The Morgan fingerprint density at radius 3 is 0.686 bits per heavy atom. The van der Waals surface area contributed by atoms with Gasteiger partial charge in [0.25, 0.3) is 0 Å². The van der Waals surface area contributed by atoms with Crippen LogP contribution in [-0.2, 0) is 84.6 Å². The van der Waals surface area contributed by atoms with Gasteiger partial charge in [0.1, 0.15) is 0 Å². The molecule has 4 bridgehead atoms. The van der Waals surface area contributed by atoms with E-state index in [-0.39, 0.29) is 10.8 Å². The summed E-state index contributed by atoms with van der Waals surface area (Å²) in [6.07, 6.45) is 0. The maximum atomic E-state index is 6.25. The largest absolute Gasteiger partial charge is 0.377 e. The van der Waals surface area contributed by atoms with Crippen molar-refractivity contribution in [3.8, 4) is 0 Å². The standard InChI is InChI=1S/C60H72O10/c1-59(2,3)49-33-41-7-11-51-45-31-46(52-12-8-42(34-49)55(41)57(51)52)38-68-28-24-64-20-16-62-18-22-66-26-30-70-40-48-32-47(39-69-29-25-65-21-17-61-15-19-63-23-27-67-37-45)53-13-9-43-35-50(60(4,5)6)36-44-10-14-54(48)58(53)56(43)44/h7-14,31-36H,15-30,37-40H2,1-6H3. The predicted octanol–water partition coefficient (Wildman–Crippen LogP) is 12.0. The predicted molar refractivity (Wildman–Crippen MR) is 281 cm³/mol. The molecular weight excluding hydrogens is 881 g/mol. The molecular formula is C60H72O10. The van der Waals surface area contributed by atoms with Crippen molar-refractivity contribution < 1.29 is 47.4 Å². The molecule has 0 amide bonds. The molecule has 1 aliphatic rings. The van der Waals surface area contributed by atoms with Crippen LogP contribution in [0.4, 0.5) is 0 Å². The Kier molecular flexibility index (Phi) is 16.8. The molecule has 8 aromatic carbocycles. The summed E-state index contributed by atoms with van der Waals surface area (Å²) in [6, 6.07) is 31.9. The molecule has 10 nitrogen and oxygen atoms in total. The van der Waals surface area contributed by atoms with Crippen molar-refractivity contribution >= 4 is 64.6 Å². The highest BCUT2D eigenvalue weighted by molar-refractivity contribution is 6.25. The van der Waals surface area contributed by atoms with E-state index in [0.717, 1.165) is 22.3 Å². The molecule has 372 valence electrons. The van der Waals surface area contributed by atoms with Gasteiger partial charge >= 0.3 is 0 Å². The van der Waals surface area contributed by atoms with Gasteiger partial charge in [-0.05, 0) is 121 Å². The van der Waals surface area contributed by atoms with Gasteiger partial charge in [0.2, 0.25) is 0 Å². The number of hydrogen-bond acceptors (Lipinski definition) is 10. The van der Waals surface area contributed by atoms with E-state index in [9.17, 15) is 0 Å². The van der Waals surface area contributed by atoms with Crippen LogP contribution in [0, 0.1) is 0 Å². The Bertz CT molecular complexity index is 2580. The average molecular weight is 953 g/mol. The zero-order valence-corrected chi connectivity index (χ0v) is 42.3. The smallest absolute Gasteiger partial charge is 0.0724 e. The second-order valence-electron chi connectivity index (χ2n) is 20.6. The maximum Gasteiger partial charge on any atom is 0.0724 e. The summed E-state index contributed by atoms with van der Waals surface area (Å²) in [7, 11) is 0. The van der Waals surface area contributed by atoms with Crippen LogP contribution in [0.3, 0.4) is 0 Å². The van der Waals surface area contributed by atoms with Crippen LogP contribution >= 0.6 is 0 Å². The second kappa shape index (κ2) is 23.3. The Morgan fingerprint density at radius 1 is 0.257 bits per heavy atom. The quantitative estimate of drug-likeness (QED) is 0.137. The lowest BCUT2D eigenvalue weighted by atomic mass is 9.82. The lowest BCUT2D eigenvalue weighted by Crippen LogP contribution is -2.13. The molecule has 0 radical (unpaired) electrons. The van der Waals surface area contributed by atoms with Gasteiger partial charge in [-0.25, -0.2) is 0 Å². The third kappa shape index (κ3) is 12.0. The fourth-order valence-corrected chi connectivity index (χ4v) is 9.76. The minimum absolute atomic E-state index is 0.0443. The van der Waals surface area contributed by atoms with E-state index >= 15 is 0 Å². The molecule has 0 aromatic heterocycles. The summed E-state index contributed by atoms with van der Waals surface area (Å²) in [5.41, 5.74) is 7.30. The lowest BCUT2D eigenvalue weighted by Gasteiger charge is -2.22. The third-order valence-electron chi connectivity index (χ3n) is 13.5. The van der Waals surface area contributed by atoms with Gasteiger partial charge in [-0.3, -0.25) is 0 Å². The average Bonchev–Trinajstić information content (AvgIpc) is 3.34. The molecule has 0 fully saturated rings. The fourth-order valence-electron chi connectivity index (χ4n) is 9.76. The molecule has 0 spiro atoms. The molecule has 0 aliphatic carbocycles. The van der Waals surface area contributed by atoms with Crippen LogP contribution in [-0.4, -0.2) is 106 Å². The topological polar surface area (TPSA) is 92.3 Å². The Hall–Kier alpha value is -4.56. The number of hydrogen-bond donors (Lipinski definition) is 0. The van der Waals surface area contributed by atoms with Gasteiger partial charge in [-0.15, -0.1) is 0 Å². The van der Waals surface area contributed by atoms with Crippen molar-refractivity contribution in [1.29, 1.82) is 0 Å². The first-order valence-electron chi connectivity index (χ1n) is 25.3. The summed E-state index contributed by atoms with van der Waals surface area (Å²) in [6.45, 7) is 23.2. The van der Waals surface area contributed by atoms with Crippen LogP contribution in [0.5, 0.6) is 0 Å². The zero-order valence-electron chi connectivity index (χ0n) is 42.3. The minimum Gasteiger partial charge on any atom is -0.377 e. The molecule has 0 N–H and O–H groups in total. The van der Waals surface area contributed by atoms with E-state index in [1.807, 2.05) is 0 Å². The summed E-state index contributed by atoms with van der Waals surface area (Å²) in [5.74, 6) is 0. The highest BCUT2D eigenvalue weighted by Gasteiger charge is 2.21. The van der Waals surface area contributed by atoms with Crippen molar-refractivity contribution in [2.75, 3.05) is 106 Å². The van der Waals surface area contributed by atoms with E-state index in [1.54, 1.807) is 0 Å². The Labute approximate surface area is 413 Å². The molecule has 10 heteroatoms. The monoisotopic (exact) mass is 953 g/mol. The third-order valence-corrected chi connectivity index (χ3v) is 13.5. The SMILES string of the molecule is CC(C)(C)c1cc2ccc3c4cc(c5ccc(c1)c2c35)COCCOCCOCCOCCOCc1cc(c2ccc3cc(C(C)(C)C)cc5ccc1c2c35)COCCOCCOCCOCCOC4. The first-order valence-corrected chi connectivity index (χ1v) is 25.3. The van der Waals surface area contributed by atoms with E-state index in [1.165, 1.54) is 75.8 Å². The van der Waals surface area contributed by atoms with E-state index < -0.39 is 0 Å². The van der Waals surface area contributed by atoms with Crippen LogP contribution in [0.15, 0.2) is 84.9 Å². The normalized spacial score (nSPS) is 18.1. The fraction of sp³-hybridized carbons (Fsp3) is 0.467. The Balaban J connectivity index is 0.821. The van der Waals surface area contributed by atoms with Crippen molar-refractivity contribution in [1.82, 2.24) is 0 Å². The summed E-state index contributed by atoms with van der Waals surface area (Å²) >= 11 is 0. The zero-order chi connectivity index (χ0) is 48.5. The molecule has 1 aliphatic heterocycles. The van der Waals surface area contributed by atoms with Gasteiger partial charge in [-0.1, -0.05) is 114 Å². The number of rotatable bonds is 0. The lowest BCUT2D eigenvalue weighted by molar-refractivity contribution is -0.0142. The molecule has 1 heterocycles. The molecule has 70 heavy (non-hydrogen) atoms. The van der Waals surface area contributed by atoms with Crippen LogP contribution in [0.25, 0.3) is 64.6 Å². The maximum absolute atomic E-state index is 6.25. The van der Waals surface area contributed by atoms with Crippen LogP contribution in [0.2, 0.25) is 0 Å². The van der Waals surface area contributed by atoms with Gasteiger partial charge in [0.15, 0.2) is 0 Å². The summed E-state index contributed by atoms with van der Waals surface area (Å²) < 4.78 is 60.2. The summed E-state index contributed by atoms with van der Waals surface area (Å²) in [4.78, 5) is 0. The number of ether oxygens (including phenoxy) is 10. The van der Waals surface area contributed by atoms with Crippen LogP contribution < -0.4 is 0 Å². The minimum atomic E-state index is 0.0443.